The Labute approximate surface area is 223 Å². The average molecular weight is 512 g/mol. The van der Waals surface area contributed by atoms with Gasteiger partial charge in [0.05, 0.1) is 26.3 Å². The SMILES string of the molecule is COc1ccc(-c2cc3ccc(OC)cc3nc2Nc2ccc(NC(=O)CN3CCN(C)CC3)cc2)cc1. The van der Waals surface area contributed by atoms with Gasteiger partial charge in [-0.1, -0.05) is 12.1 Å². The molecule has 3 aromatic carbocycles. The van der Waals surface area contributed by atoms with Crippen LogP contribution in [0.1, 0.15) is 0 Å². The third-order valence-electron chi connectivity index (χ3n) is 6.82. The number of aromatic nitrogens is 1. The smallest absolute Gasteiger partial charge is 0.238 e. The van der Waals surface area contributed by atoms with Gasteiger partial charge in [-0.05, 0) is 67.2 Å². The standard InChI is InChI=1S/C30H33N5O3/c1-34-14-16-35(17-15-34)20-29(36)31-23-7-9-24(10-8-23)32-30-27(21-4-11-25(37-2)12-5-21)18-22-6-13-26(38-3)19-28(22)33-30/h4-13,18-19H,14-17,20H2,1-3H3,(H,31,36)(H,32,33). The van der Waals surface area contributed by atoms with Gasteiger partial charge in [-0.25, -0.2) is 4.98 Å². The molecule has 5 rings (SSSR count). The first-order chi connectivity index (χ1) is 18.5. The van der Waals surface area contributed by atoms with Crippen molar-refractivity contribution < 1.29 is 14.3 Å². The predicted molar refractivity (Wildman–Crippen MR) is 153 cm³/mol. The number of hydrogen-bond donors (Lipinski definition) is 2. The number of nitrogens with one attached hydrogen (secondary N) is 2. The van der Waals surface area contributed by atoms with Gasteiger partial charge in [0, 0.05) is 54.6 Å². The number of carbonyl (C=O) groups excluding carboxylic acids is 1. The highest BCUT2D eigenvalue weighted by Crippen LogP contribution is 2.34. The highest BCUT2D eigenvalue weighted by atomic mass is 16.5. The van der Waals surface area contributed by atoms with Gasteiger partial charge in [0.15, 0.2) is 0 Å². The molecule has 0 bridgehead atoms. The van der Waals surface area contributed by atoms with Crippen molar-refractivity contribution in [1.82, 2.24) is 14.8 Å². The van der Waals surface area contributed by atoms with E-state index in [1.807, 2.05) is 66.7 Å². The molecule has 1 saturated heterocycles. The maximum Gasteiger partial charge on any atom is 0.238 e. The van der Waals surface area contributed by atoms with Gasteiger partial charge in [-0.15, -0.1) is 0 Å². The fourth-order valence-electron chi connectivity index (χ4n) is 4.54. The molecule has 0 aliphatic carbocycles. The molecule has 1 amide bonds. The Morgan fingerprint density at radius 2 is 1.50 bits per heavy atom. The second-order valence-electron chi connectivity index (χ2n) is 9.50. The van der Waals surface area contributed by atoms with Crippen molar-refractivity contribution >= 4 is 34.0 Å². The van der Waals surface area contributed by atoms with E-state index in [2.05, 4.69) is 33.5 Å². The molecular weight excluding hydrogens is 478 g/mol. The van der Waals surface area contributed by atoms with E-state index in [0.717, 1.165) is 76.9 Å². The summed E-state index contributed by atoms with van der Waals surface area (Å²) in [6.07, 6.45) is 0. The van der Waals surface area contributed by atoms with Crippen molar-refractivity contribution in [3.05, 3.63) is 72.8 Å². The summed E-state index contributed by atoms with van der Waals surface area (Å²) in [6, 6.07) is 23.6. The van der Waals surface area contributed by atoms with Crippen LogP contribution in [0, 0.1) is 0 Å². The molecule has 4 aromatic rings. The monoisotopic (exact) mass is 511 g/mol. The molecule has 0 radical (unpaired) electrons. The second kappa shape index (κ2) is 11.5. The maximum atomic E-state index is 12.6. The molecule has 1 fully saturated rings. The second-order valence-corrected chi connectivity index (χ2v) is 9.50. The normalized spacial score (nSPS) is 14.3. The van der Waals surface area contributed by atoms with E-state index in [0.29, 0.717) is 6.54 Å². The third kappa shape index (κ3) is 6.04. The summed E-state index contributed by atoms with van der Waals surface area (Å²) in [7, 11) is 5.42. The topological polar surface area (TPSA) is 79.0 Å². The van der Waals surface area contributed by atoms with E-state index >= 15 is 0 Å². The Kier molecular flexibility index (Phi) is 7.72. The summed E-state index contributed by atoms with van der Waals surface area (Å²) >= 11 is 0. The number of anilines is 3. The Bertz CT molecular complexity index is 1400. The van der Waals surface area contributed by atoms with Crippen LogP contribution in [0.4, 0.5) is 17.2 Å². The van der Waals surface area contributed by atoms with Crippen LogP contribution in [0.25, 0.3) is 22.0 Å². The number of fused-ring (bicyclic) bond motifs is 1. The van der Waals surface area contributed by atoms with Gasteiger partial charge in [0.25, 0.3) is 0 Å². The van der Waals surface area contributed by atoms with Gasteiger partial charge in [-0.2, -0.15) is 0 Å². The molecule has 1 aliphatic heterocycles. The van der Waals surface area contributed by atoms with Crippen LogP contribution >= 0.6 is 0 Å². The van der Waals surface area contributed by atoms with Crippen LogP contribution in [-0.2, 0) is 4.79 Å². The minimum Gasteiger partial charge on any atom is -0.497 e. The van der Waals surface area contributed by atoms with Crippen LogP contribution in [0.3, 0.4) is 0 Å². The molecule has 1 aromatic heterocycles. The molecule has 8 heteroatoms. The predicted octanol–water partition coefficient (Wildman–Crippen LogP) is 4.85. The Balaban J connectivity index is 1.35. The van der Waals surface area contributed by atoms with E-state index in [-0.39, 0.29) is 5.91 Å². The Morgan fingerprint density at radius 3 is 2.18 bits per heavy atom. The molecule has 196 valence electrons. The van der Waals surface area contributed by atoms with Crippen molar-refractivity contribution in [3.63, 3.8) is 0 Å². The summed E-state index contributed by atoms with van der Waals surface area (Å²) in [5.74, 6) is 2.28. The van der Waals surface area contributed by atoms with Gasteiger partial charge in [0.1, 0.15) is 17.3 Å². The lowest BCUT2D eigenvalue weighted by Crippen LogP contribution is -2.47. The molecular formula is C30H33N5O3. The van der Waals surface area contributed by atoms with Crippen LogP contribution in [-0.4, -0.2) is 74.7 Å². The third-order valence-corrected chi connectivity index (χ3v) is 6.82. The number of rotatable bonds is 8. The number of pyridine rings is 1. The Morgan fingerprint density at radius 1 is 0.842 bits per heavy atom. The molecule has 1 aliphatic rings. The number of amides is 1. The summed E-state index contributed by atoms with van der Waals surface area (Å²) in [4.78, 5) is 22.0. The van der Waals surface area contributed by atoms with E-state index in [4.69, 9.17) is 14.5 Å². The molecule has 8 nitrogen and oxygen atoms in total. The number of likely N-dealkylation sites (N-methyl/N-ethyl adjacent to an activating group) is 1. The van der Waals surface area contributed by atoms with Crippen LogP contribution in [0.5, 0.6) is 11.5 Å². The number of hydrogen-bond acceptors (Lipinski definition) is 7. The van der Waals surface area contributed by atoms with Crippen LogP contribution < -0.4 is 20.1 Å². The maximum absolute atomic E-state index is 12.6. The summed E-state index contributed by atoms with van der Waals surface area (Å²) < 4.78 is 10.7. The summed E-state index contributed by atoms with van der Waals surface area (Å²) in [5, 5.41) is 7.50. The first-order valence-electron chi connectivity index (χ1n) is 12.7. The fraction of sp³-hybridized carbons (Fsp3) is 0.267. The van der Waals surface area contributed by atoms with E-state index in [1.54, 1.807) is 14.2 Å². The summed E-state index contributed by atoms with van der Waals surface area (Å²) in [5.41, 5.74) is 4.45. The number of carbonyl (C=O) groups is 1. The number of nitrogens with zero attached hydrogens (tertiary/aromatic N) is 3. The zero-order valence-corrected chi connectivity index (χ0v) is 22.0. The minimum absolute atomic E-state index is 0.00203. The van der Waals surface area contributed by atoms with Crippen LogP contribution in [0.15, 0.2) is 72.8 Å². The van der Waals surface area contributed by atoms with Crippen molar-refractivity contribution in [2.24, 2.45) is 0 Å². The van der Waals surface area contributed by atoms with Gasteiger partial charge >= 0.3 is 0 Å². The van der Waals surface area contributed by atoms with Gasteiger partial charge in [0.2, 0.25) is 5.91 Å². The largest absolute Gasteiger partial charge is 0.497 e. The summed E-state index contributed by atoms with van der Waals surface area (Å²) in [6.45, 7) is 4.20. The molecule has 2 N–H and O–H groups in total. The van der Waals surface area contributed by atoms with E-state index in [9.17, 15) is 4.79 Å². The zero-order chi connectivity index (χ0) is 26.5. The lowest BCUT2D eigenvalue weighted by molar-refractivity contribution is -0.117. The lowest BCUT2D eigenvalue weighted by atomic mass is 10.0. The van der Waals surface area contributed by atoms with E-state index in [1.165, 1.54) is 0 Å². The highest BCUT2D eigenvalue weighted by Gasteiger charge is 2.17. The van der Waals surface area contributed by atoms with Crippen molar-refractivity contribution in [1.29, 1.82) is 0 Å². The van der Waals surface area contributed by atoms with Crippen LogP contribution in [0.2, 0.25) is 0 Å². The molecule has 0 unspecified atom stereocenters. The fourth-order valence-corrected chi connectivity index (χ4v) is 4.54. The lowest BCUT2D eigenvalue weighted by Gasteiger charge is -2.31. The molecule has 0 atom stereocenters. The highest BCUT2D eigenvalue weighted by molar-refractivity contribution is 5.93. The number of methoxy groups -OCH3 is 2. The molecule has 0 spiro atoms. The quantitative estimate of drug-likeness (QED) is 0.350. The minimum atomic E-state index is 0.00203. The van der Waals surface area contributed by atoms with Crippen molar-refractivity contribution in [2.45, 2.75) is 0 Å². The zero-order valence-electron chi connectivity index (χ0n) is 22.0. The first kappa shape index (κ1) is 25.5. The van der Waals surface area contributed by atoms with Crippen molar-refractivity contribution in [3.8, 4) is 22.6 Å². The van der Waals surface area contributed by atoms with E-state index < -0.39 is 0 Å². The number of piperazine rings is 1. The molecule has 0 saturated carbocycles. The Hall–Kier alpha value is -4.14. The average Bonchev–Trinajstić information content (AvgIpc) is 2.94. The number of benzene rings is 3. The molecule has 2 heterocycles. The van der Waals surface area contributed by atoms with Gasteiger partial charge in [-0.3, -0.25) is 9.69 Å². The first-order valence-corrected chi connectivity index (χ1v) is 12.7. The van der Waals surface area contributed by atoms with Crippen molar-refractivity contribution in [2.75, 3.05) is 64.6 Å². The number of ether oxygens (including phenoxy) is 2. The molecule has 38 heavy (non-hydrogen) atoms. The van der Waals surface area contributed by atoms with Gasteiger partial charge < -0.3 is 25.0 Å².